The Bertz CT molecular complexity index is 698. The van der Waals surface area contributed by atoms with Crippen molar-refractivity contribution in [3.05, 3.63) is 34.2 Å². The summed E-state index contributed by atoms with van der Waals surface area (Å²) in [5, 5.41) is 2.75. The Morgan fingerprint density at radius 1 is 1.35 bits per heavy atom. The van der Waals surface area contributed by atoms with Crippen LogP contribution in [0.15, 0.2) is 23.1 Å². The fourth-order valence-electron chi connectivity index (χ4n) is 3.25. The van der Waals surface area contributed by atoms with Crippen LogP contribution in [0.5, 0.6) is 0 Å². The number of carbonyl (C=O) groups is 1. The topological polar surface area (TPSA) is 54.3 Å². The fraction of sp³-hybridized carbons (Fsp3) is 0.667. The highest BCUT2D eigenvalue weighted by atomic mass is 19.4. The van der Waals surface area contributed by atoms with Crippen molar-refractivity contribution in [3.8, 4) is 0 Å². The Morgan fingerprint density at radius 3 is 2.65 bits per heavy atom. The first-order chi connectivity index (χ1) is 12.0. The van der Waals surface area contributed by atoms with E-state index in [0.29, 0.717) is 12.5 Å². The molecule has 1 saturated heterocycles. The molecule has 0 spiro atoms. The number of nitrogens with zero attached hydrogens (tertiary/aromatic N) is 2. The number of alkyl halides is 3. The van der Waals surface area contributed by atoms with Gasteiger partial charge in [0.2, 0.25) is 5.91 Å². The van der Waals surface area contributed by atoms with Gasteiger partial charge in [0.05, 0.1) is 0 Å². The number of rotatable bonds is 5. The summed E-state index contributed by atoms with van der Waals surface area (Å²) in [4.78, 5) is 26.4. The molecule has 26 heavy (non-hydrogen) atoms. The Kier molecular flexibility index (Phi) is 6.16. The molecule has 2 rings (SSSR count). The molecule has 1 fully saturated rings. The zero-order valence-electron chi connectivity index (χ0n) is 15.4. The summed E-state index contributed by atoms with van der Waals surface area (Å²) in [6.07, 6.45) is -1.24. The number of pyridine rings is 1. The van der Waals surface area contributed by atoms with Gasteiger partial charge < -0.3 is 9.88 Å². The maximum atomic E-state index is 12.8. The second-order valence-electron chi connectivity index (χ2n) is 7.64. The van der Waals surface area contributed by atoms with Gasteiger partial charge in [-0.25, -0.2) is 0 Å². The van der Waals surface area contributed by atoms with Crippen molar-refractivity contribution in [1.29, 1.82) is 0 Å². The van der Waals surface area contributed by atoms with Gasteiger partial charge in [-0.2, -0.15) is 13.2 Å². The van der Waals surface area contributed by atoms with Gasteiger partial charge in [-0.1, -0.05) is 6.92 Å². The van der Waals surface area contributed by atoms with Crippen LogP contribution in [0.3, 0.4) is 0 Å². The molecule has 0 bridgehead atoms. The zero-order valence-corrected chi connectivity index (χ0v) is 15.4. The first-order valence-corrected chi connectivity index (χ1v) is 8.79. The molecule has 5 nitrogen and oxygen atoms in total. The van der Waals surface area contributed by atoms with Crippen LogP contribution in [-0.4, -0.2) is 40.5 Å². The summed E-state index contributed by atoms with van der Waals surface area (Å²) in [6.45, 7) is 8.10. The summed E-state index contributed by atoms with van der Waals surface area (Å²) >= 11 is 0. The minimum atomic E-state index is -4.73. The molecule has 146 valence electrons. The molecular formula is C18H26F3N3O2. The lowest BCUT2D eigenvalue weighted by atomic mass is 9.93. The number of hydrogen-bond acceptors (Lipinski definition) is 3. The molecule has 1 aliphatic rings. The number of hydrogen-bond donors (Lipinski definition) is 1. The van der Waals surface area contributed by atoms with E-state index in [0.717, 1.165) is 36.2 Å². The van der Waals surface area contributed by atoms with Crippen LogP contribution in [0.25, 0.3) is 0 Å². The van der Waals surface area contributed by atoms with Gasteiger partial charge in [0.15, 0.2) is 0 Å². The van der Waals surface area contributed by atoms with Crippen molar-refractivity contribution in [1.82, 2.24) is 14.8 Å². The minimum Gasteiger partial charge on any atom is -0.353 e. The third-order valence-corrected chi connectivity index (χ3v) is 4.87. The van der Waals surface area contributed by atoms with E-state index < -0.39 is 29.8 Å². The molecule has 1 atom stereocenters. The maximum absolute atomic E-state index is 12.8. The van der Waals surface area contributed by atoms with E-state index in [1.54, 1.807) is 0 Å². The summed E-state index contributed by atoms with van der Waals surface area (Å²) in [7, 11) is 0. The quantitative estimate of drug-likeness (QED) is 0.863. The van der Waals surface area contributed by atoms with E-state index in [9.17, 15) is 22.8 Å². The largest absolute Gasteiger partial charge is 0.421 e. The van der Waals surface area contributed by atoms with Crippen LogP contribution < -0.4 is 10.9 Å². The number of piperidine rings is 1. The second-order valence-corrected chi connectivity index (χ2v) is 7.64. The molecule has 0 saturated carbocycles. The molecule has 0 aliphatic carbocycles. The Labute approximate surface area is 151 Å². The Hall–Kier alpha value is -1.83. The van der Waals surface area contributed by atoms with E-state index in [-0.39, 0.29) is 5.54 Å². The summed E-state index contributed by atoms with van der Waals surface area (Å²) < 4.78 is 39.2. The lowest BCUT2D eigenvalue weighted by molar-refractivity contribution is -0.139. The van der Waals surface area contributed by atoms with E-state index in [4.69, 9.17) is 0 Å². The van der Waals surface area contributed by atoms with Crippen molar-refractivity contribution in [2.75, 3.05) is 19.6 Å². The molecule has 1 aliphatic heterocycles. The lowest BCUT2D eigenvalue weighted by Gasteiger charge is -2.43. The van der Waals surface area contributed by atoms with Gasteiger partial charge >= 0.3 is 6.18 Å². The smallest absolute Gasteiger partial charge is 0.353 e. The molecule has 1 unspecified atom stereocenters. The SMILES string of the molecule is CC1CCCN(C(C)(C)CNC(=O)Cn2cccc(C(F)(F)F)c2=O)C1. The first kappa shape index (κ1) is 20.5. The molecular weight excluding hydrogens is 347 g/mol. The van der Waals surface area contributed by atoms with Crippen LogP contribution in [0.2, 0.25) is 0 Å². The lowest BCUT2D eigenvalue weighted by Crippen LogP contribution is -2.55. The zero-order chi connectivity index (χ0) is 19.5. The van der Waals surface area contributed by atoms with E-state index in [1.165, 1.54) is 12.6 Å². The minimum absolute atomic E-state index is 0.261. The highest BCUT2D eigenvalue weighted by Gasteiger charge is 2.34. The fourth-order valence-corrected chi connectivity index (χ4v) is 3.25. The van der Waals surface area contributed by atoms with Crippen LogP contribution in [0.4, 0.5) is 13.2 Å². The molecule has 2 heterocycles. The highest BCUT2D eigenvalue weighted by Crippen LogP contribution is 2.26. The second kappa shape index (κ2) is 7.82. The third kappa shape index (κ3) is 5.09. The number of likely N-dealkylation sites (tertiary alicyclic amines) is 1. The summed E-state index contributed by atoms with van der Waals surface area (Å²) in [5.41, 5.74) is -2.74. The predicted molar refractivity (Wildman–Crippen MR) is 92.8 cm³/mol. The molecule has 0 radical (unpaired) electrons. The van der Waals surface area contributed by atoms with Crippen molar-refractivity contribution in [2.45, 2.75) is 51.9 Å². The van der Waals surface area contributed by atoms with Gasteiger partial charge in [-0.15, -0.1) is 0 Å². The number of amides is 1. The average molecular weight is 373 g/mol. The summed E-state index contributed by atoms with van der Waals surface area (Å²) in [5.74, 6) is 0.118. The van der Waals surface area contributed by atoms with E-state index in [2.05, 4.69) is 17.1 Å². The molecule has 1 N–H and O–H groups in total. The van der Waals surface area contributed by atoms with Crippen LogP contribution in [-0.2, 0) is 17.5 Å². The molecule has 1 aromatic heterocycles. The van der Waals surface area contributed by atoms with Crippen molar-refractivity contribution in [2.24, 2.45) is 5.92 Å². The average Bonchev–Trinajstić information content (AvgIpc) is 2.54. The van der Waals surface area contributed by atoms with E-state index in [1.807, 2.05) is 13.8 Å². The number of aromatic nitrogens is 1. The van der Waals surface area contributed by atoms with Crippen molar-refractivity contribution >= 4 is 5.91 Å². The molecule has 0 aromatic carbocycles. The summed E-state index contributed by atoms with van der Waals surface area (Å²) in [6, 6.07) is 1.84. The number of nitrogens with one attached hydrogen (secondary N) is 1. The normalized spacial score (nSPS) is 19.4. The number of carbonyl (C=O) groups excluding carboxylic acids is 1. The van der Waals surface area contributed by atoms with Crippen LogP contribution in [0, 0.1) is 5.92 Å². The van der Waals surface area contributed by atoms with Crippen molar-refractivity contribution in [3.63, 3.8) is 0 Å². The molecule has 8 heteroatoms. The van der Waals surface area contributed by atoms with Gasteiger partial charge in [0, 0.05) is 24.8 Å². The predicted octanol–water partition coefficient (Wildman–Crippen LogP) is 2.49. The van der Waals surface area contributed by atoms with Gasteiger partial charge in [-0.05, 0) is 51.3 Å². The third-order valence-electron chi connectivity index (χ3n) is 4.87. The van der Waals surface area contributed by atoms with Crippen LogP contribution in [0.1, 0.15) is 39.2 Å². The van der Waals surface area contributed by atoms with Crippen LogP contribution >= 0.6 is 0 Å². The Morgan fingerprint density at radius 2 is 2.04 bits per heavy atom. The standard InChI is InChI=1S/C18H26F3N3O2/c1-13-6-4-9-24(10-13)17(2,3)12-22-15(25)11-23-8-5-7-14(16(23)26)18(19,20)21/h5,7-8,13H,4,6,9-12H2,1-3H3,(H,22,25). The maximum Gasteiger partial charge on any atom is 0.421 e. The highest BCUT2D eigenvalue weighted by molar-refractivity contribution is 5.75. The molecule has 1 amide bonds. The van der Waals surface area contributed by atoms with Gasteiger partial charge in [-0.3, -0.25) is 14.5 Å². The monoisotopic (exact) mass is 373 g/mol. The Balaban J connectivity index is 1.98. The number of halogens is 3. The van der Waals surface area contributed by atoms with Gasteiger partial charge in [0.25, 0.3) is 5.56 Å². The van der Waals surface area contributed by atoms with Gasteiger partial charge in [0.1, 0.15) is 12.1 Å². The van der Waals surface area contributed by atoms with Crippen molar-refractivity contribution < 1.29 is 18.0 Å². The first-order valence-electron chi connectivity index (χ1n) is 8.79. The van der Waals surface area contributed by atoms with E-state index >= 15 is 0 Å². The molecule has 1 aromatic rings.